The molecule has 1 amide bonds. The fourth-order valence-electron chi connectivity index (χ4n) is 3.70. The quantitative estimate of drug-likeness (QED) is 0.459. The van der Waals surface area contributed by atoms with Gasteiger partial charge in [0.2, 0.25) is 0 Å². The maximum atomic E-state index is 13.3. The van der Waals surface area contributed by atoms with Gasteiger partial charge in [-0.3, -0.25) is 19.1 Å². The van der Waals surface area contributed by atoms with Crippen LogP contribution in [0.15, 0.2) is 35.3 Å². The van der Waals surface area contributed by atoms with E-state index in [-0.39, 0.29) is 29.7 Å². The van der Waals surface area contributed by atoms with Crippen LogP contribution in [0.4, 0.5) is 4.39 Å². The van der Waals surface area contributed by atoms with Gasteiger partial charge in [-0.15, -0.1) is 0 Å². The minimum atomic E-state index is -1.53. The molecule has 4 N–H and O–H groups in total. The van der Waals surface area contributed by atoms with Gasteiger partial charge in [0.1, 0.15) is 22.4 Å². The third-order valence-electron chi connectivity index (χ3n) is 5.37. The van der Waals surface area contributed by atoms with E-state index < -0.39 is 47.4 Å². The van der Waals surface area contributed by atoms with E-state index in [0.29, 0.717) is 5.56 Å². The van der Waals surface area contributed by atoms with Gasteiger partial charge >= 0.3 is 0 Å². The number of ether oxygens (including phenoxy) is 1. The molecule has 2 aromatic heterocycles. The Hall–Kier alpha value is -3.50. The molecule has 3 heterocycles. The van der Waals surface area contributed by atoms with Gasteiger partial charge in [-0.05, 0) is 17.7 Å². The van der Waals surface area contributed by atoms with Crippen molar-refractivity contribution in [1.29, 1.82) is 0 Å². The second kappa shape index (κ2) is 7.64. The number of carbonyl (C=O) groups excluding carboxylic acids is 1. The van der Waals surface area contributed by atoms with Crippen molar-refractivity contribution in [1.82, 2.24) is 14.9 Å². The van der Waals surface area contributed by atoms with Crippen molar-refractivity contribution in [2.24, 2.45) is 0 Å². The molecule has 0 unspecified atom stereocenters. The van der Waals surface area contributed by atoms with Crippen LogP contribution in [-0.2, 0) is 13.0 Å². The van der Waals surface area contributed by atoms with Crippen LogP contribution in [0.2, 0.25) is 0 Å². The van der Waals surface area contributed by atoms with E-state index in [4.69, 9.17) is 4.74 Å². The number of benzene rings is 1. The SMILES string of the molecule is CNC(=O)c1c(O)c2ncc(Cc3ccc(F)cc3)c3c2n(c1=O)CC(CO)(CO)O3. The minimum Gasteiger partial charge on any atom is -0.505 e. The number of pyridine rings is 2. The second-order valence-electron chi connectivity index (χ2n) is 7.41. The van der Waals surface area contributed by atoms with E-state index in [9.17, 15) is 29.3 Å². The Kier molecular flexibility index (Phi) is 5.11. The largest absolute Gasteiger partial charge is 0.505 e. The first-order valence-electron chi connectivity index (χ1n) is 9.48. The van der Waals surface area contributed by atoms with Crippen LogP contribution in [0.1, 0.15) is 21.5 Å². The lowest BCUT2D eigenvalue weighted by atomic mass is 9.99. The van der Waals surface area contributed by atoms with Crippen molar-refractivity contribution in [2.75, 3.05) is 20.3 Å². The fourth-order valence-corrected chi connectivity index (χ4v) is 3.70. The van der Waals surface area contributed by atoms with Gasteiger partial charge in [-0.25, -0.2) is 4.39 Å². The number of aromatic nitrogens is 2. The Morgan fingerprint density at radius 2 is 1.97 bits per heavy atom. The van der Waals surface area contributed by atoms with E-state index in [2.05, 4.69) is 10.3 Å². The van der Waals surface area contributed by atoms with E-state index in [1.54, 1.807) is 12.1 Å². The molecule has 0 radical (unpaired) electrons. The lowest BCUT2D eigenvalue weighted by Gasteiger charge is -2.37. The van der Waals surface area contributed by atoms with Crippen molar-refractivity contribution >= 4 is 16.9 Å². The second-order valence-corrected chi connectivity index (χ2v) is 7.41. The summed E-state index contributed by atoms with van der Waals surface area (Å²) in [5.74, 6) is -1.64. The Balaban J connectivity index is 2.01. The molecular formula is C21H20FN3O6. The Bertz CT molecular complexity index is 1230. The first kappa shape index (κ1) is 20.8. The number of aliphatic hydroxyl groups excluding tert-OH is 2. The summed E-state index contributed by atoms with van der Waals surface area (Å²) in [6.45, 7) is -1.47. The average Bonchev–Trinajstić information content (AvgIpc) is 2.79. The number of nitrogens with zero attached hydrogens (tertiary/aromatic N) is 2. The number of nitrogens with one attached hydrogen (secondary N) is 1. The van der Waals surface area contributed by atoms with Crippen molar-refractivity contribution in [3.8, 4) is 11.5 Å². The van der Waals surface area contributed by atoms with Gasteiger partial charge in [-0.2, -0.15) is 0 Å². The molecule has 0 fully saturated rings. The van der Waals surface area contributed by atoms with Crippen LogP contribution < -0.4 is 15.6 Å². The highest BCUT2D eigenvalue weighted by molar-refractivity contribution is 6.02. The molecule has 162 valence electrons. The molecule has 1 aliphatic rings. The Morgan fingerprint density at radius 3 is 2.58 bits per heavy atom. The van der Waals surface area contributed by atoms with E-state index in [1.807, 2.05) is 0 Å². The molecule has 0 atom stereocenters. The van der Waals surface area contributed by atoms with Gasteiger partial charge in [0.15, 0.2) is 17.1 Å². The molecule has 0 aliphatic carbocycles. The van der Waals surface area contributed by atoms with Gasteiger partial charge in [0.25, 0.3) is 11.5 Å². The minimum absolute atomic E-state index is 0.0273. The van der Waals surface area contributed by atoms with Crippen LogP contribution in [-0.4, -0.2) is 56.6 Å². The number of aliphatic hydroxyl groups is 2. The number of halogens is 1. The molecule has 0 spiro atoms. The van der Waals surface area contributed by atoms with Crippen molar-refractivity contribution in [3.63, 3.8) is 0 Å². The molecule has 10 heteroatoms. The molecular weight excluding hydrogens is 409 g/mol. The van der Waals surface area contributed by atoms with Crippen molar-refractivity contribution in [2.45, 2.75) is 18.6 Å². The molecule has 1 aliphatic heterocycles. The van der Waals surface area contributed by atoms with Crippen LogP contribution in [0.25, 0.3) is 11.0 Å². The normalized spacial score (nSPS) is 14.3. The van der Waals surface area contributed by atoms with Gasteiger partial charge in [0, 0.05) is 25.2 Å². The zero-order chi connectivity index (χ0) is 22.3. The first-order chi connectivity index (χ1) is 14.8. The number of rotatable bonds is 5. The highest BCUT2D eigenvalue weighted by Gasteiger charge is 2.40. The van der Waals surface area contributed by atoms with Gasteiger partial charge < -0.3 is 25.4 Å². The summed E-state index contributed by atoms with van der Waals surface area (Å²) < 4.78 is 20.4. The molecule has 0 saturated carbocycles. The Labute approximate surface area is 175 Å². The zero-order valence-electron chi connectivity index (χ0n) is 16.6. The summed E-state index contributed by atoms with van der Waals surface area (Å²) in [5, 5.41) is 32.8. The molecule has 0 saturated heterocycles. The summed E-state index contributed by atoms with van der Waals surface area (Å²) in [5.41, 5.74) is -1.49. The number of hydrogen-bond acceptors (Lipinski definition) is 7. The van der Waals surface area contributed by atoms with Crippen LogP contribution in [0.3, 0.4) is 0 Å². The number of aromatic hydroxyl groups is 1. The van der Waals surface area contributed by atoms with E-state index in [1.165, 1.54) is 29.9 Å². The van der Waals surface area contributed by atoms with Crippen molar-refractivity contribution in [3.05, 3.63) is 63.3 Å². The smallest absolute Gasteiger partial charge is 0.268 e. The molecule has 9 nitrogen and oxygen atoms in total. The van der Waals surface area contributed by atoms with Gasteiger partial charge in [0.05, 0.1) is 19.8 Å². The lowest BCUT2D eigenvalue weighted by Crippen LogP contribution is -2.52. The highest BCUT2D eigenvalue weighted by Crippen LogP contribution is 2.40. The Morgan fingerprint density at radius 1 is 1.29 bits per heavy atom. The third kappa shape index (κ3) is 3.29. The topological polar surface area (TPSA) is 134 Å². The van der Waals surface area contributed by atoms with Gasteiger partial charge in [-0.1, -0.05) is 12.1 Å². The molecule has 31 heavy (non-hydrogen) atoms. The highest BCUT2D eigenvalue weighted by atomic mass is 19.1. The average molecular weight is 429 g/mol. The predicted molar refractivity (Wildman–Crippen MR) is 108 cm³/mol. The maximum absolute atomic E-state index is 13.3. The molecule has 3 aromatic rings. The standard InChI is InChI=1S/C21H20FN3O6/c1-23-19(29)14-17(28)15-16-18(31-21(9-26,10-27)8-25(16)20(14)30)12(7-24-15)6-11-2-4-13(22)5-3-11/h2-5,7,26-28H,6,8-10H2,1H3,(H,23,29). The molecule has 1 aromatic carbocycles. The first-order valence-corrected chi connectivity index (χ1v) is 9.48. The fraction of sp³-hybridized carbons (Fsp3) is 0.286. The zero-order valence-corrected chi connectivity index (χ0v) is 16.6. The summed E-state index contributed by atoms with van der Waals surface area (Å²) in [4.78, 5) is 29.6. The summed E-state index contributed by atoms with van der Waals surface area (Å²) >= 11 is 0. The van der Waals surface area contributed by atoms with E-state index >= 15 is 0 Å². The monoisotopic (exact) mass is 429 g/mol. The van der Waals surface area contributed by atoms with Crippen LogP contribution >= 0.6 is 0 Å². The van der Waals surface area contributed by atoms with Crippen LogP contribution in [0, 0.1) is 5.82 Å². The number of carbonyl (C=O) groups is 1. The third-order valence-corrected chi connectivity index (χ3v) is 5.37. The lowest BCUT2D eigenvalue weighted by molar-refractivity contribution is -0.0511. The van der Waals surface area contributed by atoms with Crippen LogP contribution in [0.5, 0.6) is 11.5 Å². The summed E-state index contributed by atoms with van der Waals surface area (Å²) in [6.07, 6.45) is 1.66. The van der Waals surface area contributed by atoms with Crippen molar-refractivity contribution < 1.29 is 29.2 Å². The summed E-state index contributed by atoms with van der Waals surface area (Å²) in [6, 6.07) is 5.78. The predicted octanol–water partition coefficient (Wildman–Crippen LogP) is 0.307. The van der Waals surface area contributed by atoms with E-state index in [0.717, 1.165) is 5.56 Å². The maximum Gasteiger partial charge on any atom is 0.268 e. The molecule has 4 rings (SSSR count). The number of amides is 1. The number of hydrogen-bond donors (Lipinski definition) is 4. The molecule has 0 bridgehead atoms. The summed E-state index contributed by atoms with van der Waals surface area (Å²) in [7, 11) is 1.32.